The lowest BCUT2D eigenvalue weighted by molar-refractivity contribution is 0.366. The zero-order valence-electron chi connectivity index (χ0n) is 7.77. The fourth-order valence-corrected chi connectivity index (χ4v) is 1.97. The number of aromatic nitrogens is 1. The summed E-state index contributed by atoms with van der Waals surface area (Å²) in [6.45, 7) is -0.139. The van der Waals surface area contributed by atoms with Crippen molar-refractivity contribution in [2.24, 2.45) is 0 Å². The van der Waals surface area contributed by atoms with Crippen LogP contribution in [0.5, 0.6) is 5.75 Å². The molecule has 0 aliphatic heterocycles. The molecule has 0 bridgehead atoms. The molecule has 15 heavy (non-hydrogen) atoms. The minimum absolute atomic E-state index is 0.0928. The van der Waals surface area contributed by atoms with Crippen molar-refractivity contribution in [2.75, 3.05) is 12.9 Å². The molecular formula is C8H7BrN2O3S. The Bertz CT molecular complexity index is 507. The number of rotatable bonds is 3. The van der Waals surface area contributed by atoms with Crippen LogP contribution in [0.4, 0.5) is 0 Å². The summed E-state index contributed by atoms with van der Waals surface area (Å²) < 4.78 is 27.7. The molecule has 1 aromatic heterocycles. The minimum Gasteiger partial charge on any atom is -0.479 e. The zero-order chi connectivity index (χ0) is 11.5. The van der Waals surface area contributed by atoms with Gasteiger partial charge >= 0.3 is 0 Å². The molecule has 7 heteroatoms. The Labute approximate surface area is 95.7 Å². The van der Waals surface area contributed by atoms with Gasteiger partial charge in [0.25, 0.3) is 0 Å². The van der Waals surface area contributed by atoms with E-state index in [2.05, 4.69) is 20.9 Å². The molecular weight excluding hydrogens is 284 g/mol. The molecule has 1 aromatic rings. The van der Waals surface area contributed by atoms with Crippen LogP contribution in [-0.2, 0) is 9.84 Å². The first kappa shape index (κ1) is 11.9. The lowest BCUT2D eigenvalue weighted by Crippen LogP contribution is -2.02. The number of sulfone groups is 1. The highest BCUT2D eigenvalue weighted by Crippen LogP contribution is 2.20. The number of hydrogen-bond donors (Lipinski definition) is 0. The molecule has 0 saturated carbocycles. The number of nitrogens with zero attached hydrogens (tertiary/aromatic N) is 2. The van der Waals surface area contributed by atoms with Gasteiger partial charge in [-0.15, -0.1) is 0 Å². The van der Waals surface area contributed by atoms with Gasteiger partial charge < -0.3 is 4.74 Å². The Morgan fingerprint density at radius 2 is 2.27 bits per heavy atom. The third-order valence-electron chi connectivity index (χ3n) is 1.43. The summed E-state index contributed by atoms with van der Waals surface area (Å²) in [6.07, 6.45) is 1.05. The van der Waals surface area contributed by atoms with Gasteiger partial charge in [-0.25, -0.2) is 13.4 Å². The summed E-state index contributed by atoms with van der Waals surface area (Å²) in [5, 5.41) is 8.21. The van der Waals surface area contributed by atoms with Crippen LogP contribution in [-0.4, -0.2) is 26.3 Å². The minimum atomic E-state index is -3.38. The quantitative estimate of drug-likeness (QED) is 0.780. The summed E-state index contributed by atoms with van der Waals surface area (Å²) >= 11 is 3.06. The lowest BCUT2D eigenvalue weighted by Gasteiger charge is -2.04. The molecule has 0 fully saturated rings. The van der Waals surface area contributed by atoms with Crippen molar-refractivity contribution in [3.8, 4) is 11.8 Å². The number of halogens is 1. The third-order valence-corrected chi connectivity index (χ3v) is 2.80. The van der Waals surface area contributed by atoms with Crippen molar-refractivity contribution < 1.29 is 13.2 Å². The van der Waals surface area contributed by atoms with Gasteiger partial charge in [0.1, 0.15) is 16.4 Å². The predicted octanol–water partition coefficient (Wildman–Crippen LogP) is 1.15. The van der Waals surface area contributed by atoms with Gasteiger partial charge in [-0.2, -0.15) is 5.26 Å². The second kappa shape index (κ2) is 4.59. The molecule has 1 rings (SSSR count). The maximum Gasteiger partial charge on any atom is 0.192 e. The summed E-state index contributed by atoms with van der Waals surface area (Å²) in [6, 6.07) is 4.55. The molecule has 5 nitrogen and oxygen atoms in total. The smallest absolute Gasteiger partial charge is 0.192 e. The molecule has 80 valence electrons. The number of hydrogen-bond acceptors (Lipinski definition) is 5. The first-order chi connectivity index (χ1) is 6.93. The van der Waals surface area contributed by atoms with Crippen molar-refractivity contribution in [3.05, 3.63) is 16.7 Å². The van der Waals surface area contributed by atoms with Crippen LogP contribution in [0.15, 0.2) is 21.8 Å². The fourth-order valence-electron chi connectivity index (χ4n) is 0.839. The van der Waals surface area contributed by atoms with Crippen LogP contribution < -0.4 is 4.74 Å². The molecule has 0 aliphatic rings. The van der Waals surface area contributed by atoms with Crippen LogP contribution in [0.3, 0.4) is 0 Å². The van der Waals surface area contributed by atoms with Crippen molar-refractivity contribution in [3.63, 3.8) is 0 Å². The van der Waals surface area contributed by atoms with Gasteiger partial charge in [0.15, 0.2) is 21.5 Å². The van der Waals surface area contributed by atoms with Crippen LogP contribution in [0.2, 0.25) is 0 Å². The van der Waals surface area contributed by atoms with Crippen molar-refractivity contribution in [1.82, 2.24) is 4.98 Å². The van der Waals surface area contributed by atoms with Gasteiger partial charge in [-0.3, -0.25) is 0 Å². The summed E-state index contributed by atoms with van der Waals surface area (Å²) in [5.41, 5.74) is 0. The van der Waals surface area contributed by atoms with Gasteiger partial charge in [0.05, 0.1) is 0 Å². The highest BCUT2D eigenvalue weighted by atomic mass is 79.9. The number of nitriles is 1. The van der Waals surface area contributed by atoms with E-state index >= 15 is 0 Å². The van der Waals surface area contributed by atoms with Crippen molar-refractivity contribution in [2.45, 2.75) is 5.03 Å². The molecule has 1 heterocycles. The van der Waals surface area contributed by atoms with E-state index in [0.29, 0.717) is 10.4 Å². The highest BCUT2D eigenvalue weighted by Gasteiger charge is 2.11. The molecule has 0 N–H and O–H groups in total. The van der Waals surface area contributed by atoms with Crippen LogP contribution in [0, 0.1) is 11.3 Å². The monoisotopic (exact) mass is 290 g/mol. The largest absolute Gasteiger partial charge is 0.479 e. The highest BCUT2D eigenvalue weighted by molar-refractivity contribution is 9.10. The molecule has 0 aromatic carbocycles. The Kier molecular flexibility index (Phi) is 3.66. The normalized spacial score (nSPS) is 10.7. The van der Waals surface area contributed by atoms with E-state index in [4.69, 9.17) is 10.00 Å². The van der Waals surface area contributed by atoms with Crippen LogP contribution >= 0.6 is 15.9 Å². The molecule has 0 amide bonds. The molecule has 0 aliphatic carbocycles. The molecule has 0 atom stereocenters. The van der Waals surface area contributed by atoms with Gasteiger partial charge in [-0.05, 0) is 15.9 Å². The van der Waals surface area contributed by atoms with E-state index in [1.807, 2.05) is 0 Å². The first-order valence-electron chi connectivity index (χ1n) is 3.81. The number of pyridine rings is 1. The van der Waals surface area contributed by atoms with Gasteiger partial charge in [0, 0.05) is 18.4 Å². The molecule has 0 saturated heterocycles. The summed E-state index contributed by atoms with van der Waals surface area (Å²) in [7, 11) is -3.38. The summed E-state index contributed by atoms with van der Waals surface area (Å²) in [4.78, 5) is 3.78. The zero-order valence-corrected chi connectivity index (χ0v) is 10.2. The molecule has 0 unspecified atom stereocenters. The average molecular weight is 291 g/mol. The van der Waals surface area contributed by atoms with Gasteiger partial charge in [0.2, 0.25) is 0 Å². The Hall–Kier alpha value is -1.13. The van der Waals surface area contributed by atoms with Crippen LogP contribution in [0.25, 0.3) is 0 Å². The van der Waals surface area contributed by atoms with E-state index < -0.39 is 9.84 Å². The third kappa shape index (κ3) is 3.49. The van der Waals surface area contributed by atoms with E-state index in [-0.39, 0.29) is 11.6 Å². The molecule has 0 radical (unpaired) electrons. The van der Waals surface area contributed by atoms with Gasteiger partial charge in [-0.1, -0.05) is 0 Å². The fraction of sp³-hybridized carbons (Fsp3) is 0.250. The Balaban J connectivity index is 3.13. The van der Waals surface area contributed by atoms with E-state index in [1.54, 1.807) is 6.07 Å². The maximum atomic E-state index is 11.2. The second-order valence-electron chi connectivity index (χ2n) is 2.68. The van der Waals surface area contributed by atoms with Crippen LogP contribution in [0.1, 0.15) is 0 Å². The van der Waals surface area contributed by atoms with E-state index in [9.17, 15) is 8.42 Å². The lowest BCUT2D eigenvalue weighted by atomic mass is 10.4. The standard InChI is InChI=1S/C8H7BrN2O3S/c1-15(12,13)8-5-6(14-3-2-10)4-7(9)11-8/h4-5H,3H2,1H3. The topological polar surface area (TPSA) is 80.0 Å². The molecule has 0 spiro atoms. The second-order valence-corrected chi connectivity index (χ2v) is 5.46. The van der Waals surface area contributed by atoms with E-state index in [0.717, 1.165) is 6.26 Å². The average Bonchev–Trinajstić information content (AvgIpc) is 2.12. The van der Waals surface area contributed by atoms with E-state index in [1.165, 1.54) is 12.1 Å². The maximum absolute atomic E-state index is 11.2. The van der Waals surface area contributed by atoms with Crippen molar-refractivity contribution >= 4 is 25.8 Å². The predicted molar refractivity (Wildman–Crippen MR) is 56.2 cm³/mol. The number of ether oxygens (including phenoxy) is 1. The first-order valence-corrected chi connectivity index (χ1v) is 6.49. The van der Waals surface area contributed by atoms with Crippen molar-refractivity contribution in [1.29, 1.82) is 5.26 Å². The summed E-state index contributed by atoms with van der Waals surface area (Å²) in [5.74, 6) is 0.291. The Morgan fingerprint density at radius 3 is 2.80 bits per heavy atom. The SMILES string of the molecule is CS(=O)(=O)c1cc(OCC#N)cc(Br)n1. The Morgan fingerprint density at radius 1 is 1.60 bits per heavy atom.